The number of allylic oxidation sites excluding steroid dienone is 1. The number of hydrogen-bond donors (Lipinski definition) is 1. The molecule has 0 unspecified atom stereocenters. The summed E-state index contributed by atoms with van der Waals surface area (Å²) in [6.07, 6.45) is 4.27. The van der Waals surface area contributed by atoms with Crippen molar-refractivity contribution in [2.24, 2.45) is 0 Å². The molecule has 0 amide bonds. The van der Waals surface area contributed by atoms with E-state index in [2.05, 4.69) is 29.6 Å². The molecule has 3 aromatic carbocycles. The summed E-state index contributed by atoms with van der Waals surface area (Å²) in [5.41, 5.74) is 5.43. The van der Waals surface area contributed by atoms with Crippen molar-refractivity contribution >= 4 is 11.3 Å². The Balaban J connectivity index is 1.75. The lowest BCUT2D eigenvalue weighted by molar-refractivity contribution is 0.149. The number of para-hydroxylation sites is 1. The highest BCUT2D eigenvalue weighted by Crippen LogP contribution is 2.45. The van der Waals surface area contributed by atoms with Crippen molar-refractivity contribution < 1.29 is 9.47 Å². The average molecular weight is 462 g/mol. The molecule has 1 aliphatic heterocycles. The standard InChI is InChI=1S/C30H27N3O2/c1-4-34-28-16-22(14-23(19-32)20-33-25-8-6-5-7-9-25)15-26-27(17-30(2,3)35-29(26)28)24-12-10-21(18-31)11-13-24/h5-13,15-17,20,33H,4,14H2,1-3H3/b23-20-. The van der Waals surface area contributed by atoms with Gasteiger partial charge in [-0.05, 0) is 79.9 Å². The van der Waals surface area contributed by atoms with Crippen LogP contribution in [0.3, 0.4) is 0 Å². The van der Waals surface area contributed by atoms with Crippen molar-refractivity contribution in [3.8, 4) is 23.6 Å². The number of benzene rings is 3. The number of hydrogen-bond acceptors (Lipinski definition) is 5. The fourth-order valence-corrected chi connectivity index (χ4v) is 4.06. The Kier molecular flexibility index (Phi) is 6.90. The summed E-state index contributed by atoms with van der Waals surface area (Å²) in [7, 11) is 0. The number of nitrogens with zero attached hydrogens (tertiary/aromatic N) is 2. The quantitative estimate of drug-likeness (QED) is 0.400. The van der Waals surface area contributed by atoms with E-state index in [1.165, 1.54) is 0 Å². The van der Waals surface area contributed by atoms with E-state index in [1.807, 2.05) is 81.4 Å². The van der Waals surface area contributed by atoms with Crippen molar-refractivity contribution in [3.63, 3.8) is 0 Å². The number of fused-ring (bicyclic) bond motifs is 1. The van der Waals surface area contributed by atoms with E-state index in [0.29, 0.717) is 35.7 Å². The van der Waals surface area contributed by atoms with Gasteiger partial charge in [0.05, 0.1) is 24.3 Å². The number of nitrogens with one attached hydrogen (secondary N) is 1. The Bertz CT molecular complexity index is 1360. The van der Waals surface area contributed by atoms with Crippen LogP contribution in [0.4, 0.5) is 5.69 Å². The largest absolute Gasteiger partial charge is 0.490 e. The Morgan fingerprint density at radius 1 is 1.06 bits per heavy atom. The van der Waals surface area contributed by atoms with Gasteiger partial charge in [0.25, 0.3) is 0 Å². The predicted molar refractivity (Wildman–Crippen MR) is 138 cm³/mol. The summed E-state index contributed by atoms with van der Waals surface area (Å²) < 4.78 is 12.3. The minimum atomic E-state index is -0.541. The fourth-order valence-electron chi connectivity index (χ4n) is 4.06. The topological polar surface area (TPSA) is 78.1 Å². The second-order valence-electron chi connectivity index (χ2n) is 8.82. The molecule has 3 aromatic rings. The summed E-state index contributed by atoms with van der Waals surface area (Å²) in [4.78, 5) is 0. The highest BCUT2D eigenvalue weighted by Gasteiger charge is 2.30. The zero-order valence-corrected chi connectivity index (χ0v) is 20.1. The smallest absolute Gasteiger partial charge is 0.170 e. The second kappa shape index (κ2) is 10.2. The lowest BCUT2D eigenvalue weighted by Crippen LogP contribution is -2.29. The van der Waals surface area contributed by atoms with Gasteiger partial charge in [0.1, 0.15) is 5.60 Å². The Morgan fingerprint density at radius 3 is 2.46 bits per heavy atom. The van der Waals surface area contributed by atoms with Crippen molar-refractivity contribution in [2.45, 2.75) is 32.8 Å². The molecule has 0 fully saturated rings. The third-order valence-electron chi connectivity index (χ3n) is 5.61. The van der Waals surface area contributed by atoms with Gasteiger partial charge in [-0.1, -0.05) is 30.3 Å². The third-order valence-corrected chi connectivity index (χ3v) is 5.61. The molecule has 1 N–H and O–H groups in total. The Hall–Kier alpha value is -4.48. The lowest BCUT2D eigenvalue weighted by Gasteiger charge is -2.33. The number of nitriles is 2. The first-order valence-corrected chi connectivity index (χ1v) is 11.6. The van der Waals surface area contributed by atoms with Crippen molar-refractivity contribution in [1.29, 1.82) is 10.5 Å². The molecule has 0 bridgehead atoms. The summed E-state index contributed by atoms with van der Waals surface area (Å²) in [5, 5.41) is 22.2. The molecule has 0 saturated heterocycles. The maximum Gasteiger partial charge on any atom is 0.170 e. The zero-order chi connectivity index (χ0) is 24.8. The zero-order valence-electron chi connectivity index (χ0n) is 20.1. The van der Waals surface area contributed by atoms with E-state index in [9.17, 15) is 10.5 Å². The van der Waals surface area contributed by atoms with Crippen molar-refractivity contribution in [2.75, 3.05) is 11.9 Å². The summed E-state index contributed by atoms with van der Waals surface area (Å²) in [6.45, 7) is 6.45. The minimum absolute atomic E-state index is 0.438. The molecule has 0 radical (unpaired) electrons. The van der Waals surface area contributed by atoms with E-state index in [4.69, 9.17) is 9.47 Å². The summed E-state index contributed by atoms with van der Waals surface area (Å²) in [5.74, 6) is 1.34. The number of ether oxygens (including phenoxy) is 2. The SMILES string of the molecule is CCOc1cc(C/C(C#N)=C/Nc2ccccc2)cc2c1OC(C)(C)C=C2c1ccc(C#N)cc1. The highest BCUT2D eigenvalue weighted by molar-refractivity contribution is 5.86. The number of anilines is 1. The van der Waals surface area contributed by atoms with E-state index in [1.54, 1.807) is 6.20 Å². The molecule has 35 heavy (non-hydrogen) atoms. The van der Waals surface area contributed by atoms with Gasteiger partial charge in [-0.25, -0.2) is 0 Å². The van der Waals surface area contributed by atoms with Crippen LogP contribution in [0.2, 0.25) is 0 Å². The van der Waals surface area contributed by atoms with Gasteiger partial charge < -0.3 is 14.8 Å². The van der Waals surface area contributed by atoms with Gasteiger partial charge in [-0.2, -0.15) is 10.5 Å². The molecule has 0 aliphatic carbocycles. The van der Waals surface area contributed by atoms with E-state index in [-0.39, 0.29) is 0 Å². The van der Waals surface area contributed by atoms with Gasteiger partial charge in [-0.3, -0.25) is 0 Å². The molecule has 0 spiro atoms. The van der Waals surface area contributed by atoms with Crippen LogP contribution < -0.4 is 14.8 Å². The van der Waals surface area contributed by atoms with Gasteiger partial charge in [-0.15, -0.1) is 0 Å². The predicted octanol–water partition coefficient (Wildman–Crippen LogP) is 6.62. The van der Waals surface area contributed by atoms with Crippen LogP contribution in [-0.4, -0.2) is 12.2 Å². The second-order valence-corrected chi connectivity index (χ2v) is 8.82. The monoisotopic (exact) mass is 461 g/mol. The molecular weight excluding hydrogens is 434 g/mol. The maximum atomic E-state index is 9.77. The molecule has 5 heteroatoms. The molecular formula is C30H27N3O2. The van der Waals surface area contributed by atoms with Gasteiger partial charge in [0, 0.05) is 29.4 Å². The van der Waals surface area contributed by atoms with Crippen LogP contribution >= 0.6 is 0 Å². The molecule has 0 atom stereocenters. The summed E-state index contributed by atoms with van der Waals surface area (Å²) >= 11 is 0. The van der Waals surface area contributed by atoms with Gasteiger partial charge >= 0.3 is 0 Å². The first kappa shape index (κ1) is 23.7. The molecule has 1 heterocycles. The van der Waals surface area contributed by atoms with Crippen LogP contribution in [0.1, 0.15) is 43.0 Å². The first-order chi connectivity index (χ1) is 16.9. The van der Waals surface area contributed by atoms with Gasteiger partial charge in [0.15, 0.2) is 11.5 Å². The molecule has 0 saturated carbocycles. The van der Waals surface area contributed by atoms with Crippen molar-refractivity contribution in [1.82, 2.24) is 0 Å². The lowest BCUT2D eigenvalue weighted by atomic mass is 9.87. The fraction of sp³-hybridized carbons (Fsp3) is 0.200. The van der Waals surface area contributed by atoms with Crippen LogP contribution in [-0.2, 0) is 6.42 Å². The Morgan fingerprint density at radius 2 is 1.80 bits per heavy atom. The van der Waals surface area contributed by atoms with Crippen LogP contribution in [0.25, 0.3) is 5.57 Å². The van der Waals surface area contributed by atoms with Crippen LogP contribution in [0.5, 0.6) is 11.5 Å². The summed E-state index contributed by atoms with van der Waals surface area (Å²) in [6, 6.07) is 25.8. The number of rotatable bonds is 7. The Labute approximate surface area is 206 Å². The van der Waals surface area contributed by atoms with Gasteiger partial charge in [0.2, 0.25) is 0 Å². The van der Waals surface area contributed by atoms with Crippen LogP contribution in [0, 0.1) is 22.7 Å². The molecule has 1 aliphatic rings. The molecule has 4 rings (SSSR count). The van der Waals surface area contributed by atoms with E-state index >= 15 is 0 Å². The van der Waals surface area contributed by atoms with E-state index < -0.39 is 5.60 Å². The normalized spacial score (nSPS) is 14.0. The first-order valence-electron chi connectivity index (χ1n) is 11.6. The van der Waals surface area contributed by atoms with Crippen LogP contribution in [0.15, 0.2) is 84.6 Å². The average Bonchev–Trinajstić information content (AvgIpc) is 2.87. The highest BCUT2D eigenvalue weighted by atomic mass is 16.5. The van der Waals surface area contributed by atoms with E-state index in [0.717, 1.165) is 28.0 Å². The molecule has 174 valence electrons. The maximum absolute atomic E-state index is 9.77. The molecule has 5 nitrogen and oxygen atoms in total. The molecule has 0 aromatic heterocycles. The third kappa shape index (κ3) is 5.54. The van der Waals surface area contributed by atoms with Crippen molar-refractivity contribution in [3.05, 3.63) is 107 Å². The minimum Gasteiger partial charge on any atom is -0.490 e.